The fourth-order valence-corrected chi connectivity index (χ4v) is 4.84. The minimum absolute atomic E-state index is 0. The summed E-state index contributed by atoms with van der Waals surface area (Å²) in [5.41, 5.74) is 15.7. The van der Waals surface area contributed by atoms with Crippen LogP contribution in [0.2, 0.25) is 0 Å². The number of carbonyl (C=O) groups excluding carboxylic acids is 1. The molecule has 3 aromatic rings. The lowest BCUT2D eigenvalue weighted by Crippen LogP contribution is -2.33. The Morgan fingerprint density at radius 3 is 2.38 bits per heavy atom. The molecule has 170 valence electrons. The maximum absolute atomic E-state index is 13.6. The standard InChI is InChI=1S/C24H28FN5O.ClH/c25-15-4-10-18(11-5-15)30-21(14-2-1-3-14)12-19-22(20(23(27)31)13-28-24(19)30)29-17-8-6-16(26)7-9-17;/h4-5,10-14,16-17H,1-3,6-9,26H2,(H2,27,31)(H,28,29);1H. The van der Waals surface area contributed by atoms with Gasteiger partial charge in [0, 0.05) is 35.0 Å². The van der Waals surface area contributed by atoms with Crippen molar-refractivity contribution in [2.24, 2.45) is 11.5 Å². The molecular weight excluding hydrogens is 429 g/mol. The second kappa shape index (κ2) is 9.08. The first-order chi connectivity index (χ1) is 15.0. The monoisotopic (exact) mass is 457 g/mol. The van der Waals surface area contributed by atoms with Gasteiger partial charge in [0.25, 0.3) is 5.91 Å². The summed E-state index contributed by atoms with van der Waals surface area (Å²) in [5, 5.41) is 4.49. The molecule has 0 atom stereocenters. The fourth-order valence-electron chi connectivity index (χ4n) is 4.84. The predicted molar refractivity (Wildman–Crippen MR) is 127 cm³/mol. The highest BCUT2D eigenvalue weighted by atomic mass is 35.5. The lowest BCUT2D eigenvalue weighted by Gasteiger charge is -2.28. The Hall–Kier alpha value is -2.64. The van der Waals surface area contributed by atoms with Crippen LogP contribution in [0.5, 0.6) is 0 Å². The molecule has 0 bridgehead atoms. The van der Waals surface area contributed by atoms with Gasteiger partial charge in [0.05, 0.1) is 11.3 Å². The van der Waals surface area contributed by atoms with E-state index in [1.54, 1.807) is 18.3 Å². The van der Waals surface area contributed by atoms with Crippen LogP contribution >= 0.6 is 12.4 Å². The van der Waals surface area contributed by atoms with Crippen molar-refractivity contribution in [2.45, 2.75) is 62.9 Å². The first-order valence-electron chi connectivity index (χ1n) is 11.1. The van der Waals surface area contributed by atoms with E-state index < -0.39 is 5.91 Å². The van der Waals surface area contributed by atoms with E-state index in [1.165, 1.54) is 18.6 Å². The normalized spacial score (nSPS) is 21.1. The third-order valence-corrected chi connectivity index (χ3v) is 6.85. The van der Waals surface area contributed by atoms with Crippen LogP contribution in [0.25, 0.3) is 16.7 Å². The van der Waals surface area contributed by atoms with E-state index in [9.17, 15) is 9.18 Å². The van der Waals surface area contributed by atoms with Gasteiger partial charge in [-0.15, -0.1) is 12.4 Å². The Kier molecular flexibility index (Phi) is 6.40. The van der Waals surface area contributed by atoms with Crippen molar-refractivity contribution in [1.82, 2.24) is 9.55 Å². The van der Waals surface area contributed by atoms with E-state index in [4.69, 9.17) is 11.5 Å². The number of aromatic nitrogens is 2. The van der Waals surface area contributed by atoms with Crippen molar-refractivity contribution in [2.75, 3.05) is 5.32 Å². The molecule has 0 unspecified atom stereocenters. The highest BCUT2D eigenvalue weighted by Crippen LogP contribution is 2.42. The van der Waals surface area contributed by atoms with Crippen LogP contribution in [0.1, 0.15) is 66.9 Å². The number of amides is 1. The maximum Gasteiger partial charge on any atom is 0.252 e. The van der Waals surface area contributed by atoms with Crippen LogP contribution in [0.15, 0.2) is 36.5 Å². The van der Waals surface area contributed by atoms with Crippen LogP contribution in [0.4, 0.5) is 10.1 Å². The van der Waals surface area contributed by atoms with Gasteiger partial charge in [-0.3, -0.25) is 9.36 Å². The highest BCUT2D eigenvalue weighted by molar-refractivity contribution is 6.06. The van der Waals surface area contributed by atoms with Gasteiger partial charge in [0.1, 0.15) is 11.5 Å². The number of primary amides is 1. The van der Waals surface area contributed by atoms with E-state index >= 15 is 0 Å². The number of hydrogen-bond acceptors (Lipinski definition) is 4. The molecule has 2 aromatic heterocycles. The van der Waals surface area contributed by atoms with Crippen molar-refractivity contribution in [3.8, 4) is 5.69 Å². The van der Waals surface area contributed by atoms with Crippen LogP contribution in [-0.2, 0) is 0 Å². The van der Waals surface area contributed by atoms with Crippen LogP contribution in [0.3, 0.4) is 0 Å². The fraction of sp³-hybridized carbons (Fsp3) is 0.417. The molecule has 2 fully saturated rings. The van der Waals surface area contributed by atoms with Gasteiger partial charge in [-0.2, -0.15) is 0 Å². The summed E-state index contributed by atoms with van der Waals surface area (Å²) in [6.07, 6.45) is 8.82. The van der Waals surface area contributed by atoms with Gasteiger partial charge in [-0.1, -0.05) is 6.42 Å². The van der Waals surface area contributed by atoms with Crippen LogP contribution in [0, 0.1) is 5.82 Å². The smallest absolute Gasteiger partial charge is 0.252 e. The number of nitrogens with two attached hydrogens (primary N) is 2. The zero-order chi connectivity index (χ0) is 21.5. The van der Waals surface area contributed by atoms with Gasteiger partial charge < -0.3 is 16.8 Å². The summed E-state index contributed by atoms with van der Waals surface area (Å²) >= 11 is 0. The summed E-state index contributed by atoms with van der Waals surface area (Å²) < 4.78 is 15.7. The molecule has 2 saturated carbocycles. The maximum atomic E-state index is 13.6. The van der Waals surface area contributed by atoms with E-state index in [1.807, 2.05) is 0 Å². The number of rotatable bonds is 5. The number of pyridine rings is 1. The van der Waals surface area contributed by atoms with Crippen molar-refractivity contribution in [1.29, 1.82) is 0 Å². The van der Waals surface area contributed by atoms with Gasteiger partial charge >= 0.3 is 0 Å². The average Bonchev–Trinajstić information content (AvgIpc) is 3.08. The SMILES string of the molecule is Cl.NC(=O)c1cnc2c(cc(C3CCC3)n2-c2ccc(F)cc2)c1NC1CCC(N)CC1. The zero-order valence-electron chi connectivity index (χ0n) is 17.9. The second-order valence-corrected chi connectivity index (χ2v) is 8.91. The van der Waals surface area contributed by atoms with Gasteiger partial charge in [-0.25, -0.2) is 9.37 Å². The minimum atomic E-state index is -0.496. The largest absolute Gasteiger partial charge is 0.381 e. The topological polar surface area (TPSA) is 99.0 Å². The lowest BCUT2D eigenvalue weighted by atomic mass is 9.83. The number of anilines is 1. The lowest BCUT2D eigenvalue weighted by molar-refractivity contribution is 0.100. The van der Waals surface area contributed by atoms with Crippen molar-refractivity contribution >= 4 is 35.0 Å². The van der Waals surface area contributed by atoms with E-state index in [0.717, 1.165) is 66.6 Å². The average molecular weight is 458 g/mol. The molecule has 2 aliphatic rings. The number of fused-ring (bicyclic) bond motifs is 1. The third-order valence-electron chi connectivity index (χ3n) is 6.85. The number of nitrogens with one attached hydrogen (secondary N) is 1. The molecule has 2 aliphatic carbocycles. The summed E-state index contributed by atoms with van der Waals surface area (Å²) in [4.78, 5) is 16.9. The third kappa shape index (κ3) is 4.07. The summed E-state index contributed by atoms with van der Waals surface area (Å²) in [6.45, 7) is 0. The quantitative estimate of drug-likeness (QED) is 0.520. The van der Waals surface area contributed by atoms with Crippen molar-refractivity contribution < 1.29 is 9.18 Å². The van der Waals surface area contributed by atoms with Crippen molar-refractivity contribution in [3.63, 3.8) is 0 Å². The van der Waals surface area contributed by atoms with Gasteiger partial charge in [0.15, 0.2) is 0 Å². The molecular formula is C24H29ClFN5O. The molecule has 1 amide bonds. The molecule has 5 rings (SSSR count). The number of benzene rings is 1. The molecule has 0 spiro atoms. The highest BCUT2D eigenvalue weighted by Gasteiger charge is 2.28. The summed E-state index contributed by atoms with van der Waals surface area (Å²) in [6, 6.07) is 9.11. The van der Waals surface area contributed by atoms with Crippen molar-refractivity contribution in [3.05, 3.63) is 53.6 Å². The first kappa shape index (κ1) is 22.6. The molecule has 0 aliphatic heterocycles. The molecule has 5 N–H and O–H groups in total. The van der Waals surface area contributed by atoms with Crippen LogP contribution in [-0.4, -0.2) is 27.5 Å². The molecule has 6 nitrogen and oxygen atoms in total. The molecule has 8 heteroatoms. The Morgan fingerprint density at radius 1 is 1.09 bits per heavy atom. The summed E-state index contributed by atoms with van der Waals surface area (Å²) in [7, 11) is 0. The van der Waals surface area contributed by atoms with Crippen LogP contribution < -0.4 is 16.8 Å². The molecule has 1 aromatic carbocycles. The summed E-state index contributed by atoms with van der Waals surface area (Å²) in [5.74, 6) is -0.340. The molecule has 0 saturated heterocycles. The number of nitrogens with zero attached hydrogens (tertiary/aromatic N) is 2. The first-order valence-corrected chi connectivity index (χ1v) is 11.1. The number of halogens is 2. The zero-order valence-corrected chi connectivity index (χ0v) is 18.7. The molecule has 32 heavy (non-hydrogen) atoms. The Balaban J connectivity index is 0.00000245. The van der Waals surface area contributed by atoms with E-state index in [2.05, 4.69) is 20.9 Å². The number of carbonyl (C=O) groups is 1. The van der Waals surface area contributed by atoms with E-state index in [0.29, 0.717) is 11.5 Å². The Labute approximate surface area is 193 Å². The second-order valence-electron chi connectivity index (χ2n) is 8.91. The molecule has 2 heterocycles. The Bertz CT molecular complexity index is 1120. The van der Waals surface area contributed by atoms with E-state index in [-0.39, 0.29) is 30.3 Å². The Morgan fingerprint density at radius 2 is 1.78 bits per heavy atom. The number of hydrogen-bond donors (Lipinski definition) is 3. The van der Waals surface area contributed by atoms with Gasteiger partial charge in [-0.05, 0) is 74.8 Å². The van der Waals surface area contributed by atoms with Gasteiger partial charge in [0.2, 0.25) is 0 Å². The minimum Gasteiger partial charge on any atom is -0.381 e. The predicted octanol–water partition coefficient (Wildman–Crippen LogP) is 4.63. The molecule has 0 radical (unpaired) electrons.